The number of nitrogens with zero attached hydrogens (tertiary/aromatic N) is 1. The molecular weight excluding hydrogens is 375 g/mol. The van der Waals surface area contributed by atoms with Gasteiger partial charge >= 0.3 is 18.2 Å². The molecule has 28 heavy (non-hydrogen) atoms. The molecule has 8 heteroatoms. The summed E-state index contributed by atoms with van der Waals surface area (Å²) in [5.41, 5.74) is -0.257. The second-order valence-electron chi connectivity index (χ2n) is 5.84. The molecular formula is C20H18F3NO4. The highest BCUT2D eigenvalue weighted by Gasteiger charge is 2.34. The number of benzene rings is 2. The number of carbonyl (C=O) groups excluding carboxylic acids is 1. The number of halogens is 3. The van der Waals surface area contributed by atoms with Gasteiger partial charge in [-0.1, -0.05) is 55.1 Å². The van der Waals surface area contributed by atoms with Crippen LogP contribution in [0.2, 0.25) is 0 Å². The Kier molecular flexibility index (Phi) is 6.81. The Bertz CT molecular complexity index is 820. The quantitative estimate of drug-likeness (QED) is 0.695. The van der Waals surface area contributed by atoms with Gasteiger partial charge in [-0.25, -0.2) is 9.59 Å². The highest BCUT2D eigenvalue weighted by atomic mass is 19.4. The minimum absolute atomic E-state index is 0.0204. The summed E-state index contributed by atoms with van der Waals surface area (Å²) in [7, 11) is 0. The highest BCUT2D eigenvalue weighted by molar-refractivity contribution is 5.81. The van der Waals surface area contributed by atoms with Crippen molar-refractivity contribution < 1.29 is 32.6 Å². The van der Waals surface area contributed by atoms with E-state index in [0.29, 0.717) is 5.56 Å². The van der Waals surface area contributed by atoms with Crippen LogP contribution in [0.25, 0.3) is 0 Å². The van der Waals surface area contributed by atoms with Crippen molar-refractivity contribution >= 4 is 12.1 Å². The first kappa shape index (κ1) is 21.0. The number of carboxylic acid groups (broad SMARTS) is 1. The van der Waals surface area contributed by atoms with Gasteiger partial charge in [0.15, 0.2) is 6.04 Å². The van der Waals surface area contributed by atoms with E-state index in [4.69, 9.17) is 4.74 Å². The van der Waals surface area contributed by atoms with Gasteiger partial charge in [-0.3, -0.25) is 4.90 Å². The monoisotopic (exact) mass is 393 g/mol. The van der Waals surface area contributed by atoms with E-state index in [1.54, 1.807) is 30.3 Å². The van der Waals surface area contributed by atoms with Crippen molar-refractivity contribution in [1.82, 2.24) is 4.90 Å². The fourth-order valence-corrected chi connectivity index (χ4v) is 2.56. The summed E-state index contributed by atoms with van der Waals surface area (Å²) in [5.74, 6) is -1.40. The summed E-state index contributed by atoms with van der Waals surface area (Å²) in [5, 5.41) is 9.69. The van der Waals surface area contributed by atoms with E-state index in [1.165, 1.54) is 6.08 Å². The van der Waals surface area contributed by atoms with Crippen LogP contribution in [0.3, 0.4) is 0 Å². The van der Waals surface area contributed by atoms with Crippen LogP contribution in [0.1, 0.15) is 22.7 Å². The molecule has 1 N–H and O–H groups in total. The third kappa shape index (κ3) is 5.35. The maximum Gasteiger partial charge on any atom is 0.416 e. The first-order valence-electron chi connectivity index (χ1n) is 8.22. The molecule has 5 nitrogen and oxygen atoms in total. The zero-order valence-electron chi connectivity index (χ0n) is 14.7. The van der Waals surface area contributed by atoms with E-state index in [9.17, 15) is 27.9 Å². The summed E-state index contributed by atoms with van der Waals surface area (Å²) in [6.45, 7) is 3.19. The Morgan fingerprint density at radius 1 is 1.11 bits per heavy atom. The van der Waals surface area contributed by atoms with Gasteiger partial charge in [0.1, 0.15) is 6.61 Å². The molecule has 1 unspecified atom stereocenters. The van der Waals surface area contributed by atoms with Crippen molar-refractivity contribution in [3.63, 3.8) is 0 Å². The summed E-state index contributed by atoms with van der Waals surface area (Å²) in [6.07, 6.45) is -4.15. The van der Waals surface area contributed by atoms with Crippen molar-refractivity contribution in [2.45, 2.75) is 18.8 Å². The molecule has 0 aromatic heterocycles. The smallest absolute Gasteiger partial charge is 0.416 e. The van der Waals surface area contributed by atoms with Crippen LogP contribution >= 0.6 is 0 Å². The lowest BCUT2D eigenvalue weighted by Crippen LogP contribution is -2.39. The highest BCUT2D eigenvalue weighted by Crippen LogP contribution is 2.31. The number of alkyl halides is 3. The number of aliphatic carboxylic acids is 1. The standard InChI is InChI=1S/C20H18F3NO4/c1-2-12-28-19(27)24(13-14-6-4-3-5-7-14)17(18(25)26)15-8-10-16(11-9-15)20(21,22)23/h2-11,17H,1,12-13H2,(H,25,26). The lowest BCUT2D eigenvalue weighted by Gasteiger charge is -2.28. The Morgan fingerprint density at radius 3 is 2.21 bits per heavy atom. The maximum absolute atomic E-state index is 12.8. The Morgan fingerprint density at radius 2 is 1.71 bits per heavy atom. The molecule has 2 rings (SSSR count). The minimum atomic E-state index is -4.55. The maximum atomic E-state index is 12.8. The number of carboxylic acids is 1. The Balaban J connectivity index is 2.41. The topological polar surface area (TPSA) is 66.8 Å². The summed E-state index contributed by atoms with van der Waals surface area (Å²) >= 11 is 0. The van der Waals surface area contributed by atoms with Gasteiger partial charge < -0.3 is 9.84 Å². The van der Waals surface area contributed by atoms with E-state index < -0.39 is 29.8 Å². The third-order valence-electron chi connectivity index (χ3n) is 3.85. The van der Waals surface area contributed by atoms with Gasteiger partial charge in [0, 0.05) is 0 Å². The molecule has 0 aliphatic carbocycles. The van der Waals surface area contributed by atoms with Crippen LogP contribution in [0.15, 0.2) is 67.3 Å². The van der Waals surface area contributed by atoms with Crippen molar-refractivity contribution in [2.75, 3.05) is 6.61 Å². The molecule has 0 radical (unpaired) electrons. The van der Waals surface area contributed by atoms with Crippen LogP contribution in [0.5, 0.6) is 0 Å². The molecule has 0 aliphatic rings. The normalized spacial score (nSPS) is 12.1. The van der Waals surface area contributed by atoms with Gasteiger partial charge in [-0.05, 0) is 23.3 Å². The zero-order valence-corrected chi connectivity index (χ0v) is 14.7. The number of rotatable bonds is 7. The van der Waals surface area contributed by atoms with Crippen LogP contribution in [0.4, 0.5) is 18.0 Å². The largest absolute Gasteiger partial charge is 0.479 e. The predicted octanol–water partition coefficient (Wildman–Crippen LogP) is 4.66. The number of ether oxygens (including phenoxy) is 1. The molecule has 0 spiro atoms. The number of hydrogen-bond acceptors (Lipinski definition) is 3. The fraction of sp³-hybridized carbons (Fsp3) is 0.200. The van der Waals surface area contributed by atoms with Gasteiger partial charge in [0.25, 0.3) is 0 Å². The zero-order chi connectivity index (χ0) is 20.7. The van der Waals surface area contributed by atoms with Crippen LogP contribution in [-0.4, -0.2) is 28.7 Å². The van der Waals surface area contributed by atoms with E-state index in [1.807, 2.05) is 0 Å². The van der Waals surface area contributed by atoms with Gasteiger partial charge in [-0.2, -0.15) is 13.2 Å². The lowest BCUT2D eigenvalue weighted by atomic mass is 10.0. The molecule has 0 aliphatic heterocycles. The van der Waals surface area contributed by atoms with E-state index >= 15 is 0 Å². The third-order valence-corrected chi connectivity index (χ3v) is 3.85. The number of carbonyl (C=O) groups is 2. The van der Waals surface area contributed by atoms with Crippen LogP contribution in [-0.2, 0) is 22.3 Å². The molecule has 0 heterocycles. The first-order chi connectivity index (χ1) is 13.2. The van der Waals surface area contributed by atoms with E-state index in [0.717, 1.165) is 29.2 Å². The molecule has 0 fully saturated rings. The molecule has 0 saturated carbocycles. The SMILES string of the molecule is C=CCOC(=O)N(Cc1ccccc1)C(C(=O)O)c1ccc(C(F)(F)F)cc1. The van der Waals surface area contributed by atoms with Crippen molar-refractivity contribution in [2.24, 2.45) is 0 Å². The second-order valence-corrected chi connectivity index (χ2v) is 5.84. The minimum Gasteiger partial charge on any atom is -0.479 e. The Hall–Kier alpha value is -3.29. The molecule has 0 bridgehead atoms. The Labute approximate surface area is 159 Å². The number of amides is 1. The molecule has 0 saturated heterocycles. The average Bonchev–Trinajstić information content (AvgIpc) is 2.66. The fourth-order valence-electron chi connectivity index (χ4n) is 2.56. The van der Waals surface area contributed by atoms with Crippen LogP contribution < -0.4 is 0 Å². The van der Waals surface area contributed by atoms with Gasteiger partial charge in [-0.15, -0.1) is 0 Å². The summed E-state index contributed by atoms with van der Waals surface area (Å²) in [6, 6.07) is 10.7. The van der Waals surface area contributed by atoms with Crippen molar-refractivity contribution in [1.29, 1.82) is 0 Å². The summed E-state index contributed by atoms with van der Waals surface area (Å²) in [4.78, 5) is 25.3. The van der Waals surface area contributed by atoms with E-state index in [-0.39, 0.29) is 18.7 Å². The molecule has 2 aromatic rings. The molecule has 2 aromatic carbocycles. The van der Waals surface area contributed by atoms with Crippen LogP contribution in [0, 0.1) is 0 Å². The first-order valence-corrected chi connectivity index (χ1v) is 8.22. The average molecular weight is 393 g/mol. The second kappa shape index (κ2) is 9.07. The molecule has 1 atom stereocenters. The van der Waals surface area contributed by atoms with Gasteiger partial charge in [0.05, 0.1) is 12.1 Å². The predicted molar refractivity (Wildman–Crippen MR) is 95.4 cm³/mol. The molecule has 148 valence electrons. The lowest BCUT2D eigenvalue weighted by molar-refractivity contribution is -0.143. The number of hydrogen-bond donors (Lipinski definition) is 1. The van der Waals surface area contributed by atoms with Crippen molar-refractivity contribution in [3.05, 3.63) is 83.9 Å². The summed E-state index contributed by atoms with van der Waals surface area (Å²) < 4.78 is 43.3. The molecule has 1 amide bonds. The van der Waals surface area contributed by atoms with Crippen molar-refractivity contribution in [3.8, 4) is 0 Å². The van der Waals surface area contributed by atoms with E-state index in [2.05, 4.69) is 6.58 Å². The van der Waals surface area contributed by atoms with Gasteiger partial charge in [0.2, 0.25) is 0 Å².